The number of hydrogen-bond donors (Lipinski definition) is 1. The number of benzene rings is 1. The van der Waals surface area contributed by atoms with Crippen molar-refractivity contribution in [3.05, 3.63) is 39.3 Å². The highest BCUT2D eigenvalue weighted by molar-refractivity contribution is 9.11. The van der Waals surface area contributed by atoms with E-state index in [9.17, 15) is 4.79 Å². The predicted octanol–water partition coefficient (Wildman–Crippen LogP) is 4.76. The number of carbonyl (C=O) groups is 1. The van der Waals surface area contributed by atoms with Crippen molar-refractivity contribution in [2.45, 2.75) is 25.8 Å². The SMILES string of the molecule is C=CCCC(C)Nc1c(Br)cc(Br)cc1C(=O)OC. The third kappa shape index (κ3) is 4.66. The third-order valence-corrected chi connectivity index (χ3v) is 3.74. The number of methoxy groups -OCH3 is 1. The molecule has 0 heterocycles. The minimum absolute atomic E-state index is 0.235. The lowest BCUT2D eigenvalue weighted by molar-refractivity contribution is 0.0601. The van der Waals surface area contributed by atoms with Gasteiger partial charge < -0.3 is 10.1 Å². The van der Waals surface area contributed by atoms with E-state index in [0.717, 1.165) is 27.5 Å². The van der Waals surface area contributed by atoms with Crippen LogP contribution < -0.4 is 5.32 Å². The Morgan fingerprint density at radius 1 is 1.53 bits per heavy atom. The van der Waals surface area contributed by atoms with Crippen LogP contribution in [0, 0.1) is 0 Å². The minimum Gasteiger partial charge on any atom is -0.465 e. The van der Waals surface area contributed by atoms with Gasteiger partial charge in [-0.3, -0.25) is 0 Å². The number of esters is 1. The van der Waals surface area contributed by atoms with E-state index >= 15 is 0 Å². The largest absolute Gasteiger partial charge is 0.465 e. The van der Waals surface area contributed by atoms with E-state index < -0.39 is 0 Å². The van der Waals surface area contributed by atoms with Crippen LogP contribution in [0.4, 0.5) is 5.69 Å². The second-order valence-corrected chi connectivity index (χ2v) is 5.98. The van der Waals surface area contributed by atoms with Gasteiger partial charge in [-0.2, -0.15) is 0 Å². The average molecular weight is 391 g/mol. The molecule has 0 radical (unpaired) electrons. The second-order valence-electron chi connectivity index (χ2n) is 4.21. The fraction of sp³-hybridized carbons (Fsp3) is 0.357. The van der Waals surface area contributed by atoms with Crippen molar-refractivity contribution in [2.75, 3.05) is 12.4 Å². The molecule has 0 aliphatic carbocycles. The predicted molar refractivity (Wildman–Crippen MR) is 85.7 cm³/mol. The molecule has 0 bridgehead atoms. The van der Waals surface area contributed by atoms with Crippen molar-refractivity contribution >= 4 is 43.5 Å². The minimum atomic E-state index is -0.361. The lowest BCUT2D eigenvalue weighted by Gasteiger charge is -2.18. The van der Waals surface area contributed by atoms with E-state index in [4.69, 9.17) is 4.74 Å². The van der Waals surface area contributed by atoms with Gasteiger partial charge in [0.1, 0.15) is 0 Å². The smallest absolute Gasteiger partial charge is 0.340 e. The van der Waals surface area contributed by atoms with Gasteiger partial charge in [0.25, 0.3) is 0 Å². The van der Waals surface area contributed by atoms with E-state index in [1.54, 1.807) is 6.07 Å². The summed E-state index contributed by atoms with van der Waals surface area (Å²) in [6.45, 7) is 5.78. The van der Waals surface area contributed by atoms with Crippen LogP contribution in [0.1, 0.15) is 30.1 Å². The van der Waals surface area contributed by atoms with Crippen LogP contribution in [0.3, 0.4) is 0 Å². The number of nitrogens with one attached hydrogen (secondary N) is 1. The average Bonchev–Trinajstić information content (AvgIpc) is 2.38. The Morgan fingerprint density at radius 3 is 2.79 bits per heavy atom. The van der Waals surface area contributed by atoms with Crippen molar-refractivity contribution in [1.29, 1.82) is 0 Å². The summed E-state index contributed by atoms with van der Waals surface area (Å²) >= 11 is 6.85. The van der Waals surface area contributed by atoms with E-state index in [0.29, 0.717) is 5.56 Å². The van der Waals surface area contributed by atoms with Crippen LogP contribution in [0.2, 0.25) is 0 Å². The molecule has 5 heteroatoms. The standard InChI is InChI=1S/C14H17Br2NO2/c1-4-5-6-9(2)17-13-11(14(18)19-3)7-10(15)8-12(13)16/h4,7-9,17H,1,5-6H2,2-3H3. The fourth-order valence-electron chi connectivity index (χ4n) is 1.68. The molecule has 1 unspecified atom stereocenters. The van der Waals surface area contributed by atoms with Gasteiger partial charge in [0.15, 0.2) is 0 Å². The van der Waals surface area contributed by atoms with Gasteiger partial charge in [0, 0.05) is 15.0 Å². The first kappa shape index (κ1) is 16.2. The van der Waals surface area contributed by atoms with Crippen molar-refractivity contribution < 1.29 is 9.53 Å². The quantitative estimate of drug-likeness (QED) is 0.561. The first-order valence-electron chi connectivity index (χ1n) is 5.94. The third-order valence-electron chi connectivity index (χ3n) is 2.65. The maximum Gasteiger partial charge on any atom is 0.340 e. The Labute approximate surface area is 130 Å². The molecule has 1 N–H and O–H groups in total. The molecule has 0 aliphatic heterocycles. The zero-order valence-electron chi connectivity index (χ0n) is 11.0. The number of rotatable bonds is 6. The maximum atomic E-state index is 11.8. The summed E-state index contributed by atoms with van der Waals surface area (Å²) in [6.07, 6.45) is 3.76. The molecule has 0 aliphatic rings. The Kier molecular flexibility index (Phi) is 6.58. The summed E-state index contributed by atoms with van der Waals surface area (Å²) in [7, 11) is 1.38. The van der Waals surface area contributed by atoms with Crippen LogP contribution >= 0.6 is 31.9 Å². The molecular weight excluding hydrogens is 374 g/mol. The molecule has 0 aromatic heterocycles. The van der Waals surface area contributed by atoms with Crippen molar-refractivity contribution in [3.63, 3.8) is 0 Å². The second kappa shape index (κ2) is 7.70. The highest BCUT2D eigenvalue weighted by atomic mass is 79.9. The molecule has 0 fully saturated rings. The van der Waals surface area contributed by atoms with Gasteiger partial charge in [0.2, 0.25) is 0 Å². The van der Waals surface area contributed by atoms with Crippen LogP contribution in [0.5, 0.6) is 0 Å². The zero-order valence-corrected chi connectivity index (χ0v) is 14.2. The normalized spacial score (nSPS) is 11.8. The van der Waals surface area contributed by atoms with Crippen LogP contribution in [-0.4, -0.2) is 19.1 Å². The first-order chi connectivity index (χ1) is 8.99. The topological polar surface area (TPSA) is 38.3 Å². The fourth-order valence-corrected chi connectivity index (χ4v) is 3.02. The van der Waals surface area contributed by atoms with Gasteiger partial charge in [-0.05, 0) is 47.8 Å². The van der Waals surface area contributed by atoms with Crippen molar-refractivity contribution in [1.82, 2.24) is 0 Å². The molecule has 104 valence electrons. The van der Waals surface area contributed by atoms with Crippen LogP contribution in [0.15, 0.2) is 33.7 Å². The van der Waals surface area contributed by atoms with Gasteiger partial charge in [-0.15, -0.1) is 6.58 Å². The summed E-state index contributed by atoms with van der Waals surface area (Å²) < 4.78 is 6.46. The number of carbonyl (C=O) groups excluding carboxylic acids is 1. The molecule has 19 heavy (non-hydrogen) atoms. The summed E-state index contributed by atoms with van der Waals surface area (Å²) in [6, 6.07) is 3.88. The number of allylic oxidation sites excluding steroid dienone is 1. The molecule has 0 saturated heterocycles. The first-order valence-corrected chi connectivity index (χ1v) is 7.53. The van der Waals surface area contributed by atoms with E-state index in [-0.39, 0.29) is 12.0 Å². The lowest BCUT2D eigenvalue weighted by atomic mass is 10.1. The molecule has 1 atom stereocenters. The number of hydrogen-bond acceptors (Lipinski definition) is 3. The van der Waals surface area contributed by atoms with Gasteiger partial charge in [-0.1, -0.05) is 22.0 Å². The molecule has 3 nitrogen and oxygen atoms in total. The summed E-state index contributed by atoms with van der Waals surface area (Å²) in [5.74, 6) is -0.361. The van der Waals surface area contributed by atoms with Gasteiger partial charge >= 0.3 is 5.97 Å². The number of anilines is 1. The molecule has 0 saturated carbocycles. The summed E-state index contributed by atoms with van der Waals surface area (Å²) in [4.78, 5) is 11.8. The Balaban J connectivity index is 3.03. The Bertz CT molecular complexity index is 475. The Hall–Kier alpha value is -0.810. The van der Waals surface area contributed by atoms with Crippen molar-refractivity contribution in [2.24, 2.45) is 0 Å². The Morgan fingerprint density at radius 2 is 2.21 bits per heavy atom. The molecule has 1 rings (SSSR count). The lowest BCUT2D eigenvalue weighted by Crippen LogP contribution is -2.18. The highest BCUT2D eigenvalue weighted by Gasteiger charge is 2.17. The summed E-state index contributed by atoms with van der Waals surface area (Å²) in [5.41, 5.74) is 1.26. The van der Waals surface area contributed by atoms with Crippen molar-refractivity contribution in [3.8, 4) is 0 Å². The maximum absolute atomic E-state index is 11.8. The van der Waals surface area contributed by atoms with Crippen LogP contribution in [0.25, 0.3) is 0 Å². The van der Waals surface area contributed by atoms with E-state index in [1.165, 1.54) is 7.11 Å². The number of halogens is 2. The van der Waals surface area contributed by atoms with Gasteiger partial charge in [-0.25, -0.2) is 4.79 Å². The van der Waals surface area contributed by atoms with Gasteiger partial charge in [0.05, 0.1) is 18.4 Å². The summed E-state index contributed by atoms with van der Waals surface area (Å²) in [5, 5.41) is 3.34. The van der Waals surface area contributed by atoms with E-state index in [2.05, 4.69) is 50.7 Å². The molecule has 1 aromatic carbocycles. The highest BCUT2D eigenvalue weighted by Crippen LogP contribution is 2.32. The van der Waals surface area contributed by atoms with E-state index in [1.807, 2.05) is 12.1 Å². The molecule has 1 aromatic rings. The zero-order chi connectivity index (χ0) is 14.4. The van der Waals surface area contributed by atoms with Crippen LogP contribution in [-0.2, 0) is 4.74 Å². The molecular formula is C14H17Br2NO2. The molecule has 0 amide bonds. The monoisotopic (exact) mass is 389 g/mol. The molecule has 0 spiro atoms. The number of ether oxygens (including phenoxy) is 1.